The van der Waals surface area contributed by atoms with Crippen LogP contribution in [0, 0.1) is 0 Å². The van der Waals surface area contributed by atoms with Gasteiger partial charge < -0.3 is 10.2 Å². The first kappa shape index (κ1) is 10.5. The second-order valence-electron chi connectivity index (χ2n) is 4.05. The van der Waals surface area contributed by atoms with Gasteiger partial charge in [-0.1, -0.05) is 0 Å². The summed E-state index contributed by atoms with van der Waals surface area (Å²) >= 11 is 1.44. The molecule has 2 aliphatic rings. The Morgan fingerprint density at radius 3 is 3.12 bits per heavy atom. The molecule has 0 radical (unpaired) electrons. The van der Waals surface area contributed by atoms with Gasteiger partial charge in [-0.15, -0.1) is 11.3 Å². The van der Waals surface area contributed by atoms with Crippen molar-refractivity contribution in [2.45, 2.75) is 12.1 Å². The van der Waals surface area contributed by atoms with Crippen molar-refractivity contribution in [1.82, 2.24) is 15.3 Å². The van der Waals surface area contributed by atoms with Crippen molar-refractivity contribution in [3.63, 3.8) is 0 Å². The van der Waals surface area contributed by atoms with E-state index >= 15 is 0 Å². The molecule has 17 heavy (non-hydrogen) atoms. The molecule has 2 N–H and O–H groups in total. The van der Waals surface area contributed by atoms with Crippen molar-refractivity contribution in [1.29, 1.82) is 0 Å². The summed E-state index contributed by atoms with van der Waals surface area (Å²) in [6, 6.07) is 0.396. The van der Waals surface area contributed by atoms with E-state index in [4.69, 9.17) is 0 Å². The number of nitrogens with zero attached hydrogens (tertiary/aromatic N) is 2. The molecule has 3 amide bonds. The molecule has 2 atom stereocenters. The predicted octanol–water partition coefficient (Wildman–Crippen LogP) is 0.717. The smallest absolute Gasteiger partial charge is 0.345 e. The molecule has 3 heterocycles. The van der Waals surface area contributed by atoms with Crippen LogP contribution in [-0.4, -0.2) is 40.7 Å². The number of urea groups is 1. The van der Waals surface area contributed by atoms with E-state index in [1.54, 1.807) is 7.05 Å². The molecule has 7 heteroatoms. The topological polar surface area (TPSA) is 72.9 Å². The van der Waals surface area contributed by atoms with Gasteiger partial charge in [-0.2, -0.15) is 5.06 Å². The van der Waals surface area contributed by atoms with E-state index in [1.807, 2.05) is 11.4 Å². The second kappa shape index (κ2) is 3.44. The number of carbonyl (C=O) groups excluding carboxylic acids is 2. The number of nitrogens with one attached hydrogen (secondary N) is 1. The molecular formula is C10H11N3O3S. The highest BCUT2D eigenvalue weighted by atomic mass is 32.1. The lowest BCUT2D eigenvalue weighted by atomic mass is 9.99. The molecule has 0 spiro atoms. The van der Waals surface area contributed by atoms with Gasteiger partial charge in [0.1, 0.15) is 12.1 Å². The summed E-state index contributed by atoms with van der Waals surface area (Å²) in [4.78, 5) is 25.9. The van der Waals surface area contributed by atoms with Crippen molar-refractivity contribution in [2.75, 3.05) is 13.6 Å². The van der Waals surface area contributed by atoms with Gasteiger partial charge in [-0.25, -0.2) is 4.79 Å². The summed E-state index contributed by atoms with van der Waals surface area (Å²) in [6.07, 6.45) is 0. The van der Waals surface area contributed by atoms with Gasteiger partial charge >= 0.3 is 6.03 Å². The Kier molecular flexibility index (Phi) is 2.14. The van der Waals surface area contributed by atoms with E-state index in [1.165, 1.54) is 16.2 Å². The van der Waals surface area contributed by atoms with Crippen LogP contribution in [-0.2, 0) is 4.79 Å². The highest BCUT2D eigenvalue weighted by Crippen LogP contribution is 2.45. The fourth-order valence-electron chi connectivity index (χ4n) is 2.42. The standard InChI is InChI=1S/C10H11N3O3S/c1-11-9(14)7-8-5(2-3-17-8)6-4-12(7)10(15)13(6)16/h2-3,6-7,16H,4H2,1H3,(H,11,14). The Morgan fingerprint density at radius 2 is 2.41 bits per heavy atom. The van der Waals surface area contributed by atoms with Crippen LogP contribution in [0.2, 0.25) is 0 Å². The second-order valence-corrected chi connectivity index (χ2v) is 5.00. The van der Waals surface area contributed by atoms with Crippen LogP contribution in [0.25, 0.3) is 0 Å². The van der Waals surface area contributed by atoms with Crippen LogP contribution in [0.15, 0.2) is 11.4 Å². The van der Waals surface area contributed by atoms with E-state index in [0.29, 0.717) is 11.6 Å². The molecule has 3 rings (SSSR count). The van der Waals surface area contributed by atoms with Crippen LogP contribution in [0.5, 0.6) is 0 Å². The third kappa shape index (κ3) is 1.23. The first-order valence-corrected chi connectivity index (χ1v) is 6.10. The number of hydrogen-bond donors (Lipinski definition) is 2. The molecule has 0 aliphatic carbocycles. The van der Waals surface area contributed by atoms with Crippen LogP contribution in [0.4, 0.5) is 4.79 Å². The average Bonchev–Trinajstić information content (AvgIpc) is 2.90. The highest BCUT2D eigenvalue weighted by Gasteiger charge is 2.50. The molecular weight excluding hydrogens is 242 g/mol. The molecule has 1 fully saturated rings. The normalized spacial score (nSPS) is 26.1. The van der Waals surface area contributed by atoms with Gasteiger partial charge in [0.15, 0.2) is 0 Å². The van der Waals surface area contributed by atoms with Gasteiger partial charge in [-0.05, 0) is 17.0 Å². The quantitative estimate of drug-likeness (QED) is 0.724. The molecule has 6 nitrogen and oxygen atoms in total. The zero-order valence-corrected chi connectivity index (χ0v) is 9.90. The van der Waals surface area contributed by atoms with E-state index in [-0.39, 0.29) is 11.9 Å². The molecule has 2 bridgehead atoms. The number of rotatable bonds is 1. The number of fused-ring (bicyclic) bond motifs is 4. The summed E-state index contributed by atoms with van der Waals surface area (Å²) < 4.78 is 0. The molecule has 1 saturated heterocycles. The summed E-state index contributed by atoms with van der Waals surface area (Å²) in [5, 5.41) is 14.9. The molecule has 1 aromatic heterocycles. The van der Waals surface area contributed by atoms with Crippen molar-refractivity contribution >= 4 is 23.3 Å². The number of amides is 3. The fourth-order valence-corrected chi connectivity index (χ4v) is 3.48. The molecule has 2 unspecified atom stereocenters. The van der Waals surface area contributed by atoms with Crippen LogP contribution in [0.1, 0.15) is 22.5 Å². The van der Waals surface area contributed by atoms with Gasteiger partial charge in [0.25, 0.3) is 0 Å². The van der Waals surface area contributed by atoms with Crippen molar-refractivity contribution in [3.8, 4) is 0 Å². The SMILES string of the molecule is CNC(=O)C1c2sccc2C2CN1C(=O)N2O. The molecule has 90 valence electrons. The van der Waals surface area contributed by atoms with Crippen molar-refractivity contribution in [2.24, 2.45) is 0 Å². The number of likely N-dealkylation sites (N-methyl/N-ethyl adjacent to an activating group) is 1. The van der Waals surface area contributed by atoms with Gasteiger partial charge in [0.2, 0.25) is 5.91 Å². The fraction of sp³-hybridized carbons (Fsp3) is 0.400. The van der Waals surface area contributed by atoms with Crippen LogP contribution < -0.4 is 5.32 Å². The Balaban J connectivity index is 2.13. The Morgan fingerprint density at radius 1 is 1.65 bits per heavy atom. The Labute approximate surface area is 101 Å². The first-order valence-electron chi connectivity index (χ1n) is 5.22. The minimum Gasteiger partial charge on any atom is -0.357 e. The minimum atomic E-state index is -0.615. The molecule has 0 saturated carbocycles. The average molecular weight is 253 g/mol. The zero-order chi connectivity index (χ0) is 12.2. The van der Waals surface area contributed by atoms with E-state index in [2.05, 4.69) is 5.32 Å². The maximum absolute atomic E-state index is 11.9. The maximum Gasteiger partial charge on any atom is 0.345 e. The Bertz CT molecular complexity index is 501. The zero-order valence-electron chi connectivity index (χ0n) is 9.08. The lowest BCUT2D eigenvalue weighted by Crippen LogP contribution is -2.41. The summed E-state index contributed by atoms with van der Waals surface area (Å²) in [7, 11) is 1.54. The predicted molar refractivity (Wildman–Crippen MR) is 59.6 cm³/mol. The number of carbonyl (C=O) groups is 2. The molecule has 0 aromatic carbocycles. The summed E-state index contributed by atoms with van der Waals surface area (Å²) in [6.45, 7) is 0.358. The van der Waals surface area contributed by atoms with Crippen molar-refractivity contribution < 1.29 is 14.8 Å². The van der Waals surface area contributed by atoms with Gasteiger partial charge in [0.05, 0.1) is 6.54 Å². The third-order valence-electron chi connectivity index (χ3n) is 3.25. The van der Waals surface area contributed by atoms with Crippen LogP contribution >= 0.6 is 11.3 Å². The maximum atomic E-state index is 11.9. The van der Waals surface area contributed by atoms with Crippen molar-refractivity contribution in [3.05, 3.63) is 21.9 Å². The monoisotopic (exact) mass is 253 g/mol. The lowest BCUT2D eigenvalue weighted by molar-refractivity contribution is -0.125. The first-order chi connectivity index (χ1) is 8.15. The largest absolute Gasteiger partial charge is 0.357 e. The Hall–Kier alpha value is -1.60. The molecule has 1 aromatic rings. The van der Waals surface area contributed by atoms with Gasteiger partial charge in [0, 0.05) is 11.9 Å². The summed E-state index contributed by atoms with van der Waals surface area (Å²) in [5.41, 5.74) is 0.869. The minimum absolute atomic E-state index is 0.226. The highest BCUT2D eigenvalue weighted by molar-refractivity contribution is 7.10. The van der Waals surface area contributed by atoms with Gasteiger partial charge in [-0.3, -0.25) is 10.0 Å². The number of hydrogen-bond acceptors (Lipinski definition) is 4. The van der Waals surface area contributed by atoms with E-state index in [0.717, 1.165) is 10.4 Å². The third-order valence-corrected chi connectivity index (χ3v) is 4.23. The number of thiophene rings is 1. The number of hydroxylamine groups is 2. The lowest BCUT2D eigenvalue weighted by Gasteiger charge is -2.28. The summed E-state index contributed by atoms with van der Waals surface area (Å²) in [5.74, 6) is -0.226. The van der Waals surface area contributed by atoms with E-state index < -0.39 is 12.1 Å². The molecule has 2 aliphatic heterocycles. The van der Waals surface area contributed by atoms with E-state index in [9.17, 15) is 14.8 Å². The van der Waals surface area contributed by atoms with Crippen LogP contribution in [0.3, 0.4) is 0 Å².